The highest BCUT2D eigenvalue weighted by molar-refractivity contribution is 9.10. The summed E-state index contributed by atoms with van der Waals surface area (Å²) in [6, 6.07) is 6.43. The van der Waals surface area contributed by atoms with E-state index in [1.54, 1.807) is 0 Å². The van der Waals surface area contributed by atoms with Gasteiger partial charge in [-0.2, -0.15) is 0 Å². The van der Waals surface area contributed by atoms with Gasteiger partial charge in [-0.25, -0.2) is 0 Å². The standard InChI is InChI=1S/C13H18BrNOS/c14-11-4-3-10(5-6-15)13(8-11)17-9-12-2-1-7-16-12/h3-4,8,12H,1-2,5-7,9,15H2. The first-order valence-electron chi connectivity index (χ1n) is 6.02. The molecular formula is C13H18BrNOS. The van der Waals surface area contributed by atoms with Gasteiger partial charge in [-0.1, -0.05) is 22.0 Å². The highest BCUT2D eigenvalue weighted by Gasteiger charge is 2.16. The Kier molecular flexibility index (Phi) is 5.35. The van der Waals surface area contributed by atoms with Crippen LogP contribution in [0.5, 0.6) is 0 Å². The molecule has 17 heavy (non-hydrogen) atoms. The van der Waals surface area contributed by atoms with Gasteiger partial charge in [-0.3, -0.25) is 0 Å². The van der Waals surface area contributed by atoms with E-state index in [0.717, 1.165) is 23.3 Å². The number of nitrogens with two attached hydrogens (primary N) is 1. The van der Waals surface area contributed by atoms with E-state index in [9.17, 15) is 0 Å². The van der Waals surface area contributed by atoms with Gasteiger partial charge in [-0.15, -0.1) is 11.8 Å². The normalized spacial score (nSPS) is 19.8. The predicted molar refractivity (Wildman–Crippen MR) is 76.6 cm³/mol. The monoisotopic (exact) mass is 315 g/mol. The van der Waals surface area contributed by atoms with Gasteiger partial charge in [0, 0.05) is 21.7 Å². The summed E-state index contributed by atoms with van der Waals surface area (Å²) >= 11 is 5.41. The molecule has 4 heteroatoms. The van der Waals surface area contributed by atoms with E-state index >= 15 is 0 Å². The molecule has 1 unspecified atom stereocenters. The van der Waals surface area contributed by atoms with Crippen LogP contribution in [0.15, 0.2) is 27.6 Å². The number of hydrogen-bond donors (Lipinski definition) is 1. The van der Waals surface area contributed by atoms with E-state index in [1.807, 2.05) is 11.8 Å². The van der Waals surface area contributed by atoms with Crippen molar-refractivity contribution in [2.24, 2.45) is 5.73 Å². The second kappa shape index (κ2) is 6.78. The Labute approximate surface area is 115 Å². The van der Waals surface area contributed by atoms with Gasteiger partial charge in [0.1, 0.15) is 0 Å². The van der Waals surface area contributed by atoms with Crippen LogP contribution in [0.4, 0.5) is 0 Å². The van der Waals surface area contributed by atoms with Gasteiger partial charge in [-0.05, 0) is 43.5 Å². The molecule has 1 aromatic carbocycles. The Bertz CT molecular complexity index is 366. The zero-order valence-electron chi connectivity index (χ0n) is 9.82. The maximum atomic E-state index is 5.65. The molecule has 2 N–H and O–H groups in total. The molecule has 1 heterocycles. The van der Waals surface area contributed by atoms with Crippen LogP contribution in [-0.4, -0.2) is 25.0 Å². The number of benzene rings is 1. The molecule has 0 aliphatic carbocycles. The van der Waals surface area contributed by atoms with E-state index in [4.69, 9.17) is 10.5 Å². The summed E-state index contributed by atoms with van der Waals surface area (Å²) in [5.74, 6) is 1.05. The molecule has 1 aliphatic rings. The highest BCUT2D eigenvalue weighted by atomic mass is 79.9. The summed E-state index contributed by atoms with van der Waals surface area (Å²) in [6.07, 6.45) is 3.79. The Balaban J connectivity index is 1.99. The fraction of sp³-hybridized carbons (Fsp3) is 0.538. The second-order valence-corrected chi connectivity index (χ2v) is 6.21. The lowest BCUT2D eigenvalue weighted by Crippen LogP contribution is -2.09. The summed E-state index contributed by atoms with van der Waals surface area (Å²) in [6.45, 7) is 1.63. The third-order valence-electron chi connectivity index (χ3n) is 2.89. The predicted octanol–water partition coefficient (Wildman–Crippen LogP) is 3.22. The molecule has 0 radical (unpaired) electrons. The quantitative estimate of drug-likeness (QED) is 0.847. The Hall–Kier alpha value is -0.0300. The minimum absolute atomic E-state index is 0.435. The van der Waals surface area contributed by atoms with E-state index in [-0.39, 0.29) is 0 Å². The molecule has 2 nitrogen and oxygen atoms in total. The van der Waals surface area contributed by atoms with Crippen molar-refractivity contribution in [3.8, 4) is 0 Å². The van der Waals surface area contributed by atoms with Crippen molar-refractivity contribution in [1.82, 2.24) is 0 Å². The molecule has 0 amide bonds. The average Bonchev–Trinajstić information content (AvgIpc) is 2.82. The maximum absolute atomic E-state index is 5.65. The van der Waals surface area contributed by atoms with Crippen LogP contribution in [-0.2, 0) is 11.2 Å². The summed E-state index contributed by atoms with van der Waals surface area (Å²) in [5, 5.41) is 0. The van der Waals surface area contributed by atoms with Gasteiger partial charge < -0.3 is 10.5 Å². The Morgan fingerprint density at radius 3 is 3.06 bits per heavy atom. The molecule has 1 aliphatic heterocycles. The lowest BCUT2D eigenvalue weighted by atomic mass is 10.1. The summed E-state index contributed by atoms with van der Waals surface area (Å²) in [7, 11) is 0. The van der Waals surface area contributed by atoms with Gasteiger partial charge in [0.25, 0.3) is 0 Å². The van der Waals surface area contributed by atoms with Crippen LogP contribution in [0.3, 0.4) is 0 Å². The van der Waals surface area contributed by atoms with Crippen LogP contribution in [0.25, 0.3) is 0 Å². The smallest absolute Gasteiger partial charge is 0.0669 e. The molecule has 0 saturated carbocycles. The fourth-order valence-electron chi connectivity index (χ4n) is 1.98. The van der Waals surface area contributed by atoms with Crippen LogP contribution in [0.1, 0.15) is 18.4 Å². The number of thioether (sulfide) groups is 1. The summed E-state index contributed by atoms with van der Waals surface area (Å²) in [4.78, 5) is 1.33. The lowest BCUT2D eigenvalue weighted by Gasteiger charge is -2.12. The zero-order valence-corrected chi connectivity index (χ0v) is 12.2. The second-order valence-electron chi connectivity index (χ2n) is 4.24. The van der Waals surface area contributed by atoms with Crippen LogP contribution >= 0.6 is 27.7 Å². The van der Waals surface area contributed by atoms with Crippen molar-refractivity contribution in [3.63, 3.8) is 0 Å². The molecule has 1 aromatic rings. The lowest BCUT2D eigenvalue weighted by molar-refractivity contribution is 0.129. The van der Waals surface area contributed by atoms with Crippen LogP contribution < -0.4 is 5.73 Å². The van der Waals surface area contributed by atoms with Crippen molar-refractivity contribution >= 4 is 27.7 Å². The number of hydrogen-bond acceptors (Lipinski definition) is 3. The van der Waals surface area contributed by atoms with E-state index < -0.39 is 0 Å². The first-order valence-corrected chi connectivity index (χ1v) is 7.80. The topological polar surface area (TPSA) is 35.2 Å². The largest absolute Gasteiger partial charge is 0.377 e. The van der Waals surface area contributed by atoms with Crippen LogP contribution in [0.2, 0.25) is 0 Å². The van der Waals surface area contributed by atoms with Crippen LogP contribution in [0, 0.1) is 0 Å². The molecule has 1 saturated heterocycles. The molecule has 1 fully saturated rings. The van der Waals surface area contributed by atoms with Crippen molar-refractivity contribution in [2.75, 3.05) is 18.9 Å². The molecule has 0 spiro atoms. The first kappa shape index (κ1) is 13.4. The van der Waals surface area contributed by atoms with E-state index in [2.05, 4.69) is 34.1 Å². The highest BCUT2D eigenvalue weighted by Crippen LogP contribution is 2.29. The molecule has 2 rings (SSSR count). The third kappa shape index (κ3) is 3.98. The van der Waals surface area contributed by atoms with Gasteiger partial charge >= 0.3 is 0 Å². The maximum Gasteiger partial charge on any atom is 0.0669 e. The Morgan fingerprint density at radius 1 is 1.47 bits per heavy atom. The van der Waals surface area contributed by atoms with Gasteiger partial charge in [0.15, 0.2) is 0 Å². The molecule has 0 bridgehead atoms. The molecule has 1 atom stereocenters. The zero-order chi connectivity index (χ0) is 12.1. The Morgan fingerprint density at radius 2 is 2.35 bits per heavy atom. The number of rotatable bonds is 5. The first-order chi connectivity index (χ1) is 8.29. The fourth-order valence-corrected chi connectivity index (χ4v) is 3.69. The van der Waals surface area contributed by atoms with E-state index in [0.29, 0.717) is 12.6 Å². The van der Waals surface area contributed by atoms with E-state index in [1.165, 1.54) is 23.3 Å². The SMILES string of the molecule is NCCc1ccc(Br)cc1SCC1CCCO1. The van der Waals surface area contributed by atoms with Crippen molar-refractivity contribution in [2.45, 2.75) is 30.3 Å². The average molecular weight is 316 g/mol. The van der Waals surface area contributed by atoms with Gasteiger partial charge in [0.05, 0.1) is 6.10 Å². The molecular weight excluding hydrogens is 298 g/mol. The molecule has 0 aromatic heterocycles. The van der Waals surface area contributed by atoms with Crippen molar-refractivity contribution < 1.29 is 4.74 Å². The summed E-state index contributed by atoms with van der Waals surface area (Å²) < 4.78 is 6.78. The third-order valence-corrected chi connectivity index (χ3v) is 4.61. The minimum Gasteiger partial charge on any atom is -0.377 e. The molecule has 94 valence electrons. The van der Waals surface area contributed by atoms with Crippen molar-refractivity contribution in [3.05, 3.63) is 28.2 Å². The number of ether oxygens (including phenoxy) is 1. The minimum atomic E-state index is 0.435. The van der Waals surface area contributed by atoms with Gasteiger partial charge in [0.2, 0.25) is 0 Å². The summed E-state index contributed by atoms with van der Waals surface area (Å²) in [5.41, 5.74) is 6.99. The van der Waals surface area contributed by atoms with Crippen molar-refractivity contribution in [1.29, 1.82) is 0 Å². The number of halogens is 1.